The molecule has 0 bridgehead atoms. The summed E-state index contributed by atoms with van der Waals surface area (Å²) in [5, 5.41) is 0. The standard InChI is InChI=1S/C18H36/c1-7-12-16(3,4)18(14-10-9-11-15-18)17(5,6)13-8-2/h7-15H2,1-6H3. The Labute approximate surface area is 116 Å². The fourth-order valence-electron chi connectivity index (χ4n) is 5.15. The lowest BCUT2D eigenvalue weighted by Crippen LogP contribution is -2.50. The molecule has 0 radical (unpaired) electrons. The first-order valence-corrected chi connectivity index (χ1v) is 8.33. The molecule has 0 aliphatic heterocycles. The summed E-state index contributed by atoms with van der Waals surface area (Å²) in [5.74, 6) is 0. The van der Waals surface area contributed by atoms with E-state index in [0.717, 1.165) is 0 Å². The molecule has 0 heteroatoms. The van der Waals surface area contributed by atoms with Gasteiger partial charge in [-0.15, -0.1) is 0 Å². The van der Waals surface area contributed by atoms with Gasteiger partial charge < -0.3 is 0 Å². The smallest absolute Gasteiger partial charge is 0.0195 e. The van der Waals surface area contributed by atoms with Gasteiger partial charge in [-0.2, -0.15) is 0 Å². The third kappa shape index (κ3) is 2.78. The van der Waals surface area contributed by atoms with Crippen LogP contribution in [-0.4, -0.2) is 0 Å². The van der Waals surface area contributed by atoms with Crippen molar-refractivity contribution in [3.63, 3.8) is 0 Å². The van der Waals surface area contributed by atoms with E-state index in [4.69, 9.17) is 0 Å². The summed E-state index contributed by atoms with van der Waals surface area (Å²) >= 11 is 0. The largest absolute Gasteiger partial charge is 0.0654 e. The van der Waals surface area contributed by atoms with Crippen molar-refractivity contribution in [2.75, 3.05) is 0 Å². The van der Waals surface area contributed by atoms with Crippen LogP contribution in [-0.2, 0) is 0 Å². The fraction of sp³-hybridized carbons (Fsp3) is 1.00. The first kappa shape index (κ1) is 16.1. The highest BCUT2D eigenvalue weighted by molar-refractivity contribution is 5.02. The van der Waals surface area contributed by atoms with E-state index >= 15 is 0 Å². The van der Waals surface area contributed by atoms with Crippen LogP contribution < -0.4 is 0 Å². The maximum atomic E-state index is 2.55. The Morgan fingerprint density at radius 3 is 1.44 bits per heavy atom. The van der Waals surface area contributed by atoms with Gasteiger partial charge in [-0.1, -0.05) is 73.6 Å². The van der Waals surface area contributed by atoms with Gasteiger partial charge >= 0.3 is 0 Å². The minimum absolute atomic E-state index is 0.501. The van der Waals surface area contributed by atoms with Crippen LogP contribution in [0.3, 0.4) is 0 Å². The summed E-state index contributed by atoms with van der Waals surface area (Å²) in [5.41, 5.74) is 1.58. The topological polar surface area (TPSA) is 0 Å². The first-order chi connectivity index (χ1) is 8.33. The average molecular weight is 252 g/mol. The zero-order chi connectivity index (χ0) is 13.9. The van der Waals surface area contributed by atoms with Gasteiger partial charge in [0.05, 0.1) is 0 Å². The van der Waals surface area contributed by atoms with Crippen LogP contribution in [0.4, 0.5) is 0 Å². The molecule has 1 aliphatic rings. The quantitative estimate of drug-likeness (QED) is 0.500. The second-order valence-electron chi connectivity index (χ2n) is 7.91. The molecule has 0 unspecified atom stereocenters. The maximum absolute atomic E-state index is 2.55. The molecule has 1 fully saturated rings. The van der Waals surface area contributed by atoms with Gasteiger partial charge in [0.2, 0.25) is 0 Å². The Kier molecular flexibility index (Phi) is 5.32. The Morgan fingerprint density at radius 2 is 1.11 bits per heavy atom. The predicted octanol–water partition coefficient (Wildman–Crippen LogP) is 6.59. The normalized spacial score (nSPS) is 21.0. The van der Waals surface area contributed by atoms with E-state index in [1.54, 1.807) is 0 Å². The number of hydrogen-bond acceptors (Lipinski definition) is 0. The minimum atomic E-state index is 0.501. The van der Waals surface area contributed by atoms with E-state index < -0.39 is 0 Å². The summed E-state index contributed by atoms with van der Waals surface area (Å²) in [6, 6.07) is 0. The molecule has 0 aromatic heterocycles. The maximum Gasteiger partial charge on any atom is -0.0195 e. The van der Waals surface area contributed by atoms with Crippen molar-refractivity contribution in [1.82, 2.24) is 0 Å². The van der Waals surface area contributed by atoms with E-state index in [1.807, 2.05) is 0 Å². The molecule has 1 rings (SSSR count). The van der Waals surface area contributed by atoms with Crippen LogP contribution in [0, 0.1) is 16.2 Å². The molecule has 0 amide bonds. The average Bonchev–Trinajstić information content (AvgIpc) is 2.29. The van der Waals surface area contributed by atoms with E-state index in [9.17, 15) is 0 Å². The van der Waals surface area contributed by atoms with Gasteiger partial charge in [-0.3, -0.25) is 0 Å². The van der Waals surface area contributed by atoms with Crippen LogP contribution in [0.25, 0.3) is 0 Å². The molecule has 1 aliphatic carbocycles. The van der Waals surface area contributed by atoms with Gasteiger partial charge in [0.15, 0.2) is 0 Å². The van der Waals surface area contributed by atoms with Gasteiger partial charge in [0, 0.05) is 0 Å². The Balaban J connectivity index is 3.09. The Morgan fingerprint density at radius 1 is 0.722 bits per heavy atom. The lowest BCUT2D eigenvalue weighted by Gasteiger charge is -2.59. The van der Waals surface area contributed by atoms with E-state index in [0.29, 0.717) is 16.2 Å². The van der Waals surface area contributed by atoms with E-state index in [2.05, 4.69) is 41.5 Å². The molecule has 0 aromatic carbocycles. The summed E-state index contributed by atoms with van der Waals surface area (Å²) in [7, 11) is 0. The van der Waals surface area contributed by atoms with Crippen LogP contribution in [0.15, 0.2) is 0 Å². The van der Waals surface area contributed by atoms with Crippen LogP contribution in [0.5, 0.6) is 0 Å². The summed E-state index contributed by atoms with van der Waals surface area (Å²) in [4.78, 5) is 0. The molecule has 0 heterocycles. The first-order valence-electron chi connectivity index (χ1n) is 8.33. The number of hydrogen-bond donors (Lipinski definition) is 0. The molecular weight excluding hydrogens is 216 g/mol. The highest BCUT2D eigenvalue weighted by atomic mass is 14.6. The lowest BCUT2D eigenvalue weighted by atomic mass is 9.46. The fourth-order valence-corrected chi connectivity index (χ4v) is 5.15. The predicted molar refractivity (Wildman–Crippen MR) is 82.9 cm³/mol. The van der Waals surface area contributed by atoms with Crippen molar-refractivity contribution in [3.05, 3.63) is 0 Å². The van der Waals surface area contributed by atoms with Gasteiger partial charge in [-0.05, 0) is 41.9 Å². The molecule has 0 spiro atoms. The number of rotatable bonds is 6. The monoisotopic (exact) mass is 252 g/mol. The van der Waals surface area contributed by atoms with Gasteiger partial charge in [0.25, 0.3) is 0 Å². The molecule has 0 N–H and O–H groups in total. The third-order valence-corrected chi connectivity index (χ3v) is 6.05. The lowest BCUT2D eigenvalue weighted by molar-refractivity contribution is -0.0919. The van der Waals surface area contributed by atoms with Crippen LogP contribution in [0.2, 0.25) is 0 Å². The zero-order valence-corrected chi connectivity index (χ0v) is 13.9. The molecule has 0 atom stereocenters. The van der Waals surface area contributed by atoms with Crippen molar-refractivity contribution in [1.29, 1.82) is 0 Å². The zero-order valence-electron chi connectivity index (χ0n) is 13.9. The molecule has 0 aromatic rings. The Bertz CT molecular complexity index is 221. The van der Waals surface area contributed by atoms with Gasteiger partial charge in [-0.25, -0.2) is 0 Å². The molecule has 1 saturated carbocycles. The van der Waals surface area contributed by atoms with Crippen molar-refractivity contribution >= 4 is 0 Å². The summed E-state index contributed by atoms with van der Waals surface area (Å²) in [6.07, 6.45) is 12.8. The molecule has 0 saturated heterocycles. The molecule has 108 valence electrons. The van der Waals surface area contributed by atoms with Crippen molar-refractivity contribution in [2.45, 2.75) is 99.3 Å². The molecular formula is C18H36. The highest BCUT2D eigenvalue weighted by Gasteiger charge is 2.53. The summed E-state index contributed by atoms with van der Waals surface area (Å²) < 4.78 is 0. The summed E-state index contributed by atoms with van der Waals surface area (Å²) in [6.45, 7) is 14.9. The third-order valence-electron chi connectivity index (χ3n) is 6.05. The van der Waals surface area contributed by atoms with Crippen molar-refractivity contribution in [3.8, 4) is 0 Å². The second kappa shape index (κ2) is 5.97. The highest BCUT2D eigenvalue weighted by Crippen LogP contribution is 2.62. The van der Waals surface area contributed by atoms with Crippen LogP contribution >= 0.6 is 0 Å². The minimum Gasteiger partial charge on any atom is -0.0654 e. The Hall–Kier alpha value is 0. The van der Waals surface area contributed by atoms with E-state index in [-0.39, 0.29) is 0 Å². The van der Waals surface area contributed by atoms with Gasteiger partial charge in [0.1, 0.15) is 0 Å². The SMILES string of the molecule is CCCC(C)(C)C1(C(C)(C)CCC)CCCCC1. The molecule has 18 heavy (non-hydrogen) atoms. The molecule has 0 nitrogen and oxygen atoms in total. The van der Waals surface area contributed by atoms with Crippen molar-refractivity contribution < 1.29 is 0 Å². The second-order valence-corrected chi connectivity index (χ2v) is 7.91. The van der Waals surface area contributed by atoms with Crippen molar-refractivity contribution in [2.24, 2.45) is 16.2 Å². The van der Waals surface area contributed by atoms with Crippen LogP contribution in [0.1, 0.15) is 99.3 Å². The van der Waals surface area contributed by atoms with E-state index in [1.165, 1.54) is 57.8 Å².